The van der Waals surface area contributed by atoms with E-state index in [1.54, 1.807) is 12.1 Å². The molecule has 1 N–H and O–H groups in total. The predicted octanol–water partition coefficient (Wildman–Crippen LogP) is 5.42. The molecule has 21 heavy (non-hydrogen) atoms. The molecule has 2 rings (SSSR count). The Morgan fingerprint density at radius 1 is 1.33 bits per heavy atom. The van der Waals surface area contributed by atoms with Crippen molar-refractivity contribution in [3.05, 3.63) is 66.7 Å². The van der Waals surface area contributed by atoms with Crippen LogP contribution in [0, 0.1) is 13.7 Å². The third kappa shape index (κ3) is 4.07. The second kappa shape index (κ2) is 7.09. The van der Waals surface area contributed by atoms with Gasteiger partial charge in [-0.05, 0) is 52.8 Å². The summed E-state index contributed by atoms with van der Waals surface area (Å²) in [5, 5.41) is 15.0. The van der Waals surface area contributed by atoms with Crippen molar-refractivity contribution in [2.24, 2.45) is 0 Å². The number of anilines is 1. The lowest BCUT2D eigenvalue weighted by molar-refractivity contribution is -0.384. The van der Waals surface area contributed by atoms with E-state index in [2.05, 4.69) is 27.9 Å². The van der Waals surface area contributed by atoms with Gasteiger partial charge < -0.3 is 5.32 Å². The predicted molar refractivity (Wildman–Crippen MR) is 93.9 cm³/mol. The molecule has 4 nitrogen and oxygen atoms in total. The molecule has 6 heteroatoms. The van der Waals surface area contributed by atoms with Crippen LogP contribution < -0.4 is 5.32 Å². The zero-order valence-electron chi connectivity index (χ0n) is 11.3. The van der Waals surface area contributed by atoms with Crippen LogP contribution in [0.4, 0.5) is 11.4 Å². The van der Waals surface area contributed by atoms with Crippen LogP contribution >= 0.6 is 34.2 Å². The van der Waals surface area contributed by atoms with Crippen LogP contribution in [0.25, 0.3) is 0 Å². The van der Waals surface area contributed by atoms with E-state index in [1.807, 2.05) is 31.2 Å². The number of rotatable bonds is 5. The number of nitrogens with one attached hydrogen (secondary N) is 1. The second-order valence-electron chi connectivity index (χ2n) is 4.58. The van der Waals surface area contributed by atoms with Gasteiger partial charge in [0.25, 0.3) is 5.69 Å². The molecular formula is C15H14ClIN2O2. The number of benzene rings is 2. The Labute approximate surface area is 141 Å². The fraction of sp³-hybridized carbons (Fsp3) is 0.200. The molecule has 0 saturated heterocycles. The van der Waals surface area contributed by atoms with Crippen LogP contribution in [0.1, 0.15) is 24.9 Å². The van der Waals surface area contributed by atoms with Crippen molar-refractivity contribution >= 4 is 45.6 Å². The summed E-state index contributed by atoms with van der Waals surface area (Å²) >= 11 is 8.17. The maximum absolute atomic E-state index is 10.9. The number of nitro groups is 1. The summed E-state index contributed by atoms with van der Waals surface area (Å²) in [4.78, 5) is 10.5. The van der Waals surface area contributed by atoms with Crippen LogP contribution in [0.15, 0.2) is 42.5 Å². The Bertz CT molecular complexity index is 664. The summed E-state index contributed by atoms with van der Waals surface area (Å²) in [6, 6.07) is 12.4. The van der Waals surface area contributed by atoms with Crippen molar-refractivity contribution in [2.75, 3.05) is 5.32 Å². The fourth-order valence-corrected chi connectivity index (χ4v) is 3.10. The van der Waals surface area contributed by atoms with Crippen LogP contribution in [0.3, 0.4) is 0 Å². The summed E-state index contributed by atoms with van der Waals surface area (Å²) in [5.41, 5.74) is 1.98. The van der Waals surface area contributed by atoms with Crippen LogP contribution in [0.5, 0.6) is 0 Å². The molecule has 0 saturated carbocycles. The average Bonchev–Trinajstić information content (AvgIpc) is 2.46. The van der Waals surface area contributed by atoms with Crippen LogP contribution in [-0.4, -0.2) is 4.92 Å². The van der Waals surface area contributed by atoms with E-state index in [4.69, 9.17) is 11.6 Å². The lowest BCUT2D eigenvalue weighted by atomic mass is 10.0. The van der Waals surface area contributed by atoms with Gasteiger partial charge in [0.2, 0.25) is 0 Å². The van der Waals surface area contributed by atoms with Gasteiger partial charge in [-0.3, -0.25) is 10.1 Å². The van der Waals surface area contributed by atoms with Gasteiger partial charge in [0.1, 0.15) is 0 Å². The van der Waals surface area contributed by atoms with E-state index in [9.17, 15) is 10.1 Å². The maximum Gasteiger partial charge on any atom is 0.269 e. The van der Waals surface area contributed by atoms with Crippen LogP contribution in [-0.2, 0) is 0 Å². The molecule has 0 amide bonds. The number of non-ortho nitro benzene ring substituents is 1. The van der Waals surface area contributed by atoms with E-state index in [0.717, 1.165) is 21.2 Å². The molecule has 2 aromatic rings. The minimum absolute atomic E-state index is 0.0135. The molecule has 0 radical (unpaired) electrons. The molecule has 0 spiro atoms. The van der Waals surface area contributed by atoms with Crippen molar-refractivity contribution < 1.29 is 4.92 Å². The lowest BCUT2D eigenvalue weighted by Gasteiger charge is -2.19. The fourth-order valence-electron chi connectivity index (χ4n) is 2.07. The highest BCUT2D eigenvalue weighted by Gasteiger charge is 2.14. The number of halogens is 2. The van der Waals surface area contributed by atoms with Crippen molar-refractivity contribution in [2.45, 2.75) is 19.4 Å². The van der Waals surface area contributed by atoms with Gasteiger partial charge in [0, 0.05) is 26.4 Å². The molecule has 0 aliphatic heterocycles. The van der Waals surface area contributed by atoms with Crippen molar-refractivity contribution in [3.8, 4) is 0 Å². The van der Waals surface area contributed by atoms with Gasteiger partial charge in [-0.25, -0.2) is 0 Å². The first-order valence-corrected chi connectivity index (χ1v) is 7.93. The first-order chi connectivity index (χ1) is 10.0. The van der Waals surface area contributed by atoms with Gasteiger partial charge in [-0.15, -0.1) is 0 Å². The third-order valence-electron chi connectivity index (χ3n) is 3.15. The standard InChI is InChI=1S/C15H14ClIN2O2/c1-2-14(10-4-3-5-12(8-10)19(20)21)18-15-7-6-11(16)9-13(15)17/h3-9,14,18H,2H2,1H3. The van der Waals surface area contributed by atoms with Crippen molar-refractivity contribution in [1.82, 2.24) is 0 Å². The highest BCUT2D eigenvalue weighted by atomic mass is 127. The van der Waals surface area contributed by atoms with Gasteiger partial charge in [0.15, 0.2) is 0 Å². The zero-order chi connectivity index (χ0) is 15.4. The Kier molecular flexibility index (Phi) is 5.41. The summed E-state index contributed by atoms with van der Waals surface area (Å²) < 4.78 is 1.02. The third-order valence-corrected chi connectivity index (χ3v) is 4.28. The van der Waals surface area contributed by atoms with Gasteiger partial charge in [0.05, 0.1) is 11.0 Å². The van der Waals surface area contributed by atoms with E-state index >= 15 is 0 Å². The molecule has 0 bridgehead atoms. The molecule has 0 heterocycles. The zero-order valence-corrected chi connectivity index (χ0v) is 14.3. The van der Waals surface area contributed by atoms with Crippen molar-refractivity contribution in [1.29, 1.82) is 0 Å². The van der Waals surface area contributed by atoms with Gasteiger partial charge >= 0.3 is 0 Å². The van der Waals surface area contributed by atoms with Crippen molar-refractivity contribution in [3.63, 3.8) is 0 Å². The summed E-state index contributed by atoms with van der Waals surface area (Å²) in [5.74, 6) is 0. The SMILES string of the molecule is CCC(Nc1ccc(Cl)cc1I)c1cccc([N+](=O)[O-])c1. The Balaban J connectivity index is 2.27. The quantitative estimate of drug-likeness (QED) is 0.402. The Morgan fingerprint density at radius 3 is 2.71 bits per heavy atom. The molecule has 0 aliphatic carbocycles. The first-order valence-electron chi connectivity index (χ1n) is 6.47. The maximum atomic E-state index is 10.9. The average molecular weight is 417 g/mol. The molecule has 0 aliphatic rings. The second-order valence-corrected chi connectivity index (χ2v) is 6.18. The molecule has 0 fully saturated rings. The minimum atomic E-state index is -0.373. The summed E-state index contributed by atoms with van der Waals surface area (Å²) in [7, 11) is 0. The van der Waals surface area contributed by atoms with E-state index in [1.165, 1.54) is 6.07 Å². The number of hydrogen-bond donors (Lipinski definition) is 1. The molecule has 1 unspecified atom stereocenters. The summed E-state index contributed by atoms with van der Waals surface area (Å²) in [6.07, 6.45) is 0.819. The van der Waals surface area contributed by atoms with Gasteiger partial charge in [-0.1, -0.05) is 30.7 Å². The Morgan fingerprint density at radius 2 is 2.10 bits per heavy atom. The smallest absolute Gasteiger partial charge is 0.269 e. The monoisotopic (exact) mass is 416 g/mol. The minimum Gasteiger partial charge on any atom is -0.377 e. The van der Waals surface area contributed by atoms with E-state index < -0.39 is 0 Å². The molecule has 2 aromatic carbocycles. The topological polar surface area (TPSA) is 55.2 Å². The Hall–Kier alpha value is -1.34. The molecule has 110 valence electrons. The first kappa shape index (κ1) is 16.0. The van der Waals surface area contributed by atoms with Crippen LogP contribution in [0.2, 0.25) is 5.02 Å². The van der Waals surface area contributed by atoms with E-state index in [-0.39, 0.29) is 16.7 Å². The highest BCUT2D eigenvalue weighted by molar-refractivity contribution is 14.1. The number of nitrogens with zero attached hydrogens (tertiary/aromatic N) is 1. The lowest BCUT2D eigenvalue weighted by Crippen LogP contribution is -2.10. The molecular weight excluding hydrogens is 403 g/mol. The molecule has 0 aromatic heterocycles. The van der Waals surface area contributed by atoms with Gasteiger partial charge in [-0.2, -0.15) is 0 Å². The summed E-state index contributed by atoms with van der Waals surface area (Å²) in [6.45, 7) is 2.04. The normalized spacial score (nSPS) is 12.0. The van der Waals surface area contributed by atoms with E-state index in [0.29, 0.717) is 5.02 Å². The number of nitro benzene ring substituents is 1. The highest BCUT2D eigenvalue weighted by Crippen LogP contribution is 2.29. The largest absolute Gasteiger partial charge is 0.377 e. The number of hydrogen-bond acceptors (Lipinski definition) is 3. The molecule has 1 atom stereocenters.